The molecular weight excluding hydrogens is 302 g/mol. The summed E-state index contributed by atoms with van der Waals surface area (Å²) < 4.78 is 5.42. The molecule has 0 aliphatic carbocycles. The number of hydrogen-bond donors (Lipinski definition) is 0. The van der Waals surface area contributed by atoms with E-state index in [0.717, 1.165) is 41.9 Å². The normalized spacial score (nSPS) is 15.1. The Balaban J connectivity index is 2.02. The second kappa shape index (κ2) is 7.18. The smallest absolute Gasteiger partial charge is 0.254 e. The van der Waals surface area contributed by atoms with Crippen LogP contribution in [0.15, 0.2) is 30.3 Å². The Bertz CT molecular complexity index is 724. The molecule has 2 heterocycles. The van der Waals surface area contributed by atoms with Gasteiger partial charge in [0.15, 0.2) is 0 Å². The molecule has 1 aliphatic rings. The number of nitrogens with zero attached hydrogens (tertiary/aromatic N) is 3. The first-order valence-corrected chi connectivity index (χ1v) is 8.54. The van der Waals surface area contributed by atoms with Crippen molar-refractivity contribution in [2.75, 3.05) is 44.8 Å². The average molecular weight is 327 g/mol. The molecule has 1 saturated heterocycles. The lowest BCUT2D eigenvalue weighted by Gasteiger charge is -2.29. The average Bonchev–Trinajstić information content (AvgIpc) is 2.60. The van der Waals surface area contributed by atoms with Crippen LogP contribution in [0.25, 0.3) is 10.9 Å². The van der Waals surface area contributed by atoms with Gasteiger partial charge in [0, 0.05) is 32.1 Å². The van der Waals surface area contributed by atoms with Crippen LogP contribution in [-0.4, -0.2) is 55.7 Å². The van der Waals surface area contributed by atoms with Gasteiger partial charge in [0.2, 0.25) is 0 Å². The molecule has 1 fully saturated rings. The molecular formula is C19H25N3O2. The Morgan fingerprint density at radius 1 is 1.29 bits per heavy atom. The van der Waals surface area contributed by atoms with Crippen molar-refractivity contribution in [1.82, 2.24) is 9.88 Å². The molecule has 3 rings (SSSR count). The van der Waals surface area contributed by atoms with Crippen molar-refractivity contribution in [2.24, 2.45) is 5.92 Å². The topological polar surface area (TPSA) is 45.7 Å². The van der Waals surface area contributed by atoms with Gasteiger partial charge in [-0.25, -0.2) is 4.98 Å². The second-order valence-corrected chi connectivity index (χ2v) is 6.72. The summed E-state index contributed by atoms with van der Waals surface area (Å²) in [7, 11) is 1.87. The Hall–Kier alpha value is -2.14. The molecule has 1 aromatic carbocycles. The molecule has 0 spiro atoms. The molecule has 0 saturated carbocycles. The maximum atomic E-state index is 13.0. The number of hydrogen-bond acceptors (Lipinski definition) is 4. The maximum absolute atomic E-state index is 13.0. The molecule has 1 amide bonds. The van der Waals surface area contributed by atoms with E-state index in [2.05, 4.69) is 18.7 Å². The summed E-state index contributed by atoms with van der Waals surface area (Å²) in [5.41, 5.74) is 1.59. The standard InChI is InChI=1S/C19H25N3O2/c1-14(2)13-21(3)19(23)16-12-18(22-8-10-24-11-9-22)20-17-7-5-4-6-15(16)17/h4-7,12,14H,8-11,13H2,1-3H3. The van der Waals surface area contributed by atoms with Crippen LogP contribution in [-0.2, 0) is 4.74 Å². The van der Waals surface area contributed by atoms with Crippen LogP contribution in [0.1, 0.15) is 24.2 Å². The molecule has 0 unspecified atom stereocenters. The van der Waals surface area contributed by atoms with Crippen molar-refractivity contribution in [3.8, 4) is 0 Å². The molecule has 128 valence electrons. The minimum atomic E-state index is 0.0526. The van der Waals surface area contributed by atoms with Gasteiger partial charge in [0.05, 0.1) is 24.3 Å². The third kappa shape index (κ3) is 3.51. The highest BCUT2D eigenvalue weighted by molar-refractivity contribution is 6.06. The predicted octanol–water partition coefficient (Wildman–Crippen LogP) is 2.80. The van der Waals surface area contributed by atoms with Crippen LogP contribution < -0.4 is 4.90 Å². The number of aromatic nitrogens is 1. The van der Waals surface area contributed by atoms with Gasteiger partial charge >= 0.3 is 0 Å². The lowest BCUT2D eigenvalue weighted by atomic mass is 10.1. The van der Waals surface area contributed by atoms with Crippen LogP contribution in [0, 0.1) is 5.92 Å². The minimum Gasteiger partial charge on any atom is -0.378 e. The fourth-order valence-corrected chi connectivity index (χ4v) is 3.13. The fourth-order valence-electron chi connectivity index (χ4n) is 3.13. The largest absolute Gasteiger partial charge is 0.378 e. The number of para-hydroxylation sites is 1. The predicted molar refractivity (Wildman–Crippen MR) is 96.6 cm³/mol. The summed E-state index contributed by atoms with van der Waals surface area (Å²) in [6.07, 6.45) is 0. The monoisotopic (exact) mass is 327 g/mol. The van der Waals surface area contributed by atoms with Gasteiger partial charge in [0.25, 0.3) is 5.91 Å². The molecule has 0 radical (unpaired) electrons. The molecule has 0 N–H and O–H groups in total. The zero-order chi connectivity index (χ0) is 17.1. The third-order valence-corrected chi connectivity index (χ3v) is 4.25. The summed E-state index contributed by atoms with van der Waals surface area (Å²) in [6, 6.07) is 9.80. The number of pyridine rings is 1. The molecule has 2 aromatic rings. The van der Waals surface area contributed by atoms with E-state index in [9.17, 15) is 4.79 Å². The minimum absolute atomic E-state index is 0.0526. The van der Waals surface area contributed by atoms with Crippen LogP contribution in [0.2, 0.25) is 0 Å². The lowest BCUT2D eigenvalue weighted by molar-refractivity contribution is 0.0781. The Labute approximate surface area is 143 Å². The summed E-state index contributed by atoms with van der Waals surface area (Å²) in [4.78, 5) is 21.7. The molecule has 0 atom stereocenters. The molecule has 5 heteroatoms. The second-order valence-electron chi connectivity index (χ2n) is 6.72. The summed E-state index contributed by atoms with van der Waals surface area (Å²) >= 11 is 0. The number of amides is 1. The lowest BCUT2D eigenvalue weighted by Crippen LogP contribution is -2.37. The number of fused-ring (bicyclic) bond motifs is 1. The van der Waals surface area contributed by atoms with Gasteiger partial charge in [0.1, 0.15) is 5.82 Å². The number of anilines is 1. The summed E-state index contributed by atoms with van der Waals surface area (Å²) in [6.45, 7) is 7.99. The van der Waals surface area contributed by atoms with E-state index in [1.54, 1.807) is 4.90 Å². The van der Waals surface area contributed by atoms with Crippen LogP contribution >= 0.6 is 0 Å². The SMILES string of the molecule is CC(C)CN(C)C(=O)c1cc(N2CCOCC2)nc2ccccc12. The number of carbonyl (C=O) groups excluding carboxylic acids is 1. The molecule has 5 nitrogen and oxygen atoms in total. The molecule has 0 bridgehead atoms. The third-order valence-electron chi connectivity index (χ3n) is 4.25. The first-order valence-electron chi connectivity index (χ1n) is 8.54. The number of benzene rings is 1. The van der Waals surface area contributed by atoms with Crippen LogP contribution in [0.4, 0.5) is 5.82 Å². The van der Waals surface area contributed by atoms with E-state index in [1.165, 1.54) is 0 Å². The number of rotatable bonds is 4. The zero-order valence-corrected chi connectivity index (χ0v) is 14.7. The van der Waals surface area contributed by atoms with E-state index in [-0.39, 0.29) is 5.91 Å². The van der Waals surface area contributed by atoms with Crippen molar-refractivity contribution >= 4 is 22.6 Å². The van der Waals surface area contributed by atoms with E-state index in [0.29, 0.717) is 19.1 Å². The van der Waals surface area contributed by atoms with Crippen molar-refractivity contribution in [3.05, 3.63) is 35.9 Å². The zero-order valence-electron chi connectivity index (χ0n) is 14.7. The quantitative estimate of drug-likeness (QED) is 0.866. The molecule has 24 heavy (non-hydrogen) atoms. The molecule has 1 aromatic heterocycles. The highest BCUT2D eigenvalue weighted by Crippen LogP contribution is 2.25. The Morgan fingerprint density at radius 2 is 2.00 bits per heavy atom. The van der Waals surface area contributed by atoms with Gasteiger partial charge < -0.3 is 14.5 Å². The van der Waals surface area contributed by atoms with E-state index < -0.39 is 0 Å². The number of ether oxygens (including phenoxy) is 1. The maximum Gasteiger partial charge on any atom is 0.254 e. The van der Waals surface area contributed by atoms with Gasteiger partial charge in [-0.2, -0.15) is 0 Å². The van der Waals surface area contributed by atoms with Gasteiger partial charge in [-0.3, -0.25) is 4.79 Å². The molecule has 1 aliphatic heterocycles. The summed E-state index contributed by atoms with van der Waals surface area (Å²) in [5.74, 6) is 1.35. The van der Waals surface area contributed by atoms with E-state index in [1.807, 2.05) is 37.4 Å². The Morgan fingerprint density at radius 3 is 2.71 bits per heavy atom. The van der Waals surface area contributed by atoms with Gasteiger partial charge in [-0.1, -0.05) is 32.0 Å². The van der Waals surface area contributed by atoms with Crippen LogP contribution in [0.5, 0.6) is 0 Å². The highest BCUT2D eigenvalue weighted by atomic mass is 16.5. The van der Waals surface area contributed by atoms with Crippen molar-refractivity contribution < 1.29 is 9.53 Å². The van der Waals surface area contributed by atoms with Crippen molar-refractivity contribution in [2.45, 2.75) is 13.8 Å². The van der Waals surface area contributed by atoms with Crippen molar-refractivity contribution in [1.29, 1.82) is 0 Å². The number of morpholine rings is 1. The van der Waals surface area contributed by atoms with Gasteiger partial charge in [-0.15, -0.1) is 0 Å². The fraction of sp³-hybridized carbons (Fsp3) is 0.474. The first-order chi connectivity index (χ1) is 11.6. The first kappa shape index (κ1) is 16.7. The van der Waals surface area contributed by atoms with Crippen molar-refractivity contribution in [3.63, 3.8) is 0 Å². The summed E-state index contributed by atoms with van der Waals surface area (Å²) in [5, 5.41) is 0.912. The number of carbonyl (C=O) groups is 1. The highest BCUT2D eigenvalue weighted by Gasteiger charge is 2.20. The van der Waals surface area contributed by atoms with E-state index in [4.69, 9.17) is 9.72 Å². The van der Waals surface area contributed by atoms with Crippen LogP contribution in [0.3, 0.4) is 0 Å². The van der Waals surface area contributed by atoms with E-state index >= 15 is 0 Å². The Kier molecular flexibility index (Phi) is 5.00. The van der Waals surface area contributed by atoms with Gasteiger partial charge in [-0.05, 0) is 18.1 Å².